The monoisotopic (exact) mass is 511 g/mol. The van der Waals surface area contributed by atoms with Crippen molar-refractivity contribution in [1.82, 2.24) is 29.9 Å². The summed E-state index contributed by atoms with van der Waals surface area (Å²) in [6, 6.07) is 4.53. The Morgan fingerprint density at radius 2 is 2.14 bits per heavy atom. The van der Waals surface area contributed by atoms with Crippen LogP contribution in [0.5, 0.6) is 0 Å². The molecule has 3 fully saturated rings. The van der Waals surface area contributed by atoms with Gasteiger partial charge in [0.2, 0.25) is 11.8 Å². The number of piperidine rings is 1. The zero-order valence-corrected chi connectivity index (χ0v) is 19.5. The lowest BCUT2D eigenvalue weighted by molar-refractivity contribution is -0.332. The molecule has 1 aliphatic carbocycles. The van der Waals surface area contributed by atoms with Crippen LogP contribution >= 0.6 is 11.6 Å². The van der Waals surface area contributed by atoms with Crippen molar-refractivity contribution in [1.29, 1.82) is 0 Å². The Balaban J connectivity index is 1.37. The molecule has 1 aromatic carbocycles. The third kappa shape index (κ3) is 4.45. The van der Waals surface area contributed by atoms with E-state index < -0.39 is 18.5 Å². The van der Waals surface area contributed by atoms with Crippen molar-refractivity contribution < 1.29 is 27.1 Å². The van der Waals surface area contributed by atoms with Crippen molar-refractivity contribution in [3.05, 3.63) is 41.3 Å². The third-order valence-electron chi connectivity index (χ3n) is 6.26. The summed E-state index contributed by atoms with van der Waals surface area (Å²) in [6.45, 7) is 1.15. The Bertz CT molecular complexity index is 1260. The van der Waals surface area contributed by atoms with Crippen LogP contribution in [-0.2, 0) is 23.9 Å². The zero-order chi connectivity index (χ0) is 25.0. The summed E-state index contributed by atoms with van der Waals surface area (Å²) in [5, 5.41) is 15.2. The van der Waals surface area contributed by atoms with E-state index in [1.165, 1.54) is 0 Å². The van der Waals surface area contributed by atoms with E-state index in [1.807, 2.05) is 6.92 Å². The molecule has 2 aliphatic heterocycles. The Morgan fingerprint density at radius 3 is 2.86 bits per heavy atom. The van der Waals surface area contributed by atoms with Gasteiger partial charge in [0.15, 0.2) is 5.82 Å². The Morgan fingerprint density at radius 1 is 1.34 bits per heavy atom. The van der Waals surface area contributed by atoms with Gasteiger partial charge in [-0.25, -0.2) is 9.78 Å². The molecule has 0 spiro atoms. The minimum atomic E-state index is -4.82. The third-order valence-corrected chi connectivity index (χ3v) is 6.59. The van der Waals surface area contributed by atoms with Crippen LogP contribution in [0, 0.1) is 5.92 Å². The first-order valence-corrected chi connectivity index (χ1v) is 11.2. The fourth-order valence-electron chi connectivity index (χ4n) is 5.01. The molecule has 35 heavy (non-hydrogen) atoms. The Kier molecular flexibility index (Phi) is 5.71. The first-order chi connectivity index (χ1) is 16.5. The van der Waals surface area contributed by atoms with Crippen LogP contribution in [0.25, 0.3) is 11.4 Å². The summed E-state index contributed by atoms with van der Waals surface area (Å²) in [5.41, 5.74) is 0.150. The molecule has 14 heteroatoms. The number of halogens is 4. The highest BCUT2D eigenvalue weighted by Gasteiger charge is 2.62. The number of fused-ring (bicyclic) bond motifs is 2. The lowest BCUT2D eigenvalue weighted by Crippen LogP contribution is -2.70. The number of hydrogen-bond acceptors (Lipinski definition) is 7. The van der Waals surface area contributed by atoms with Gasteiger partial charge in [-0.05, 0) is 37.0 Å². The molecule has 3 aliphatic rings. The van der Waals surface area contributed by atoms with Gasteiger partial charge >= 0.3 is 12.4 Å². The van der Waals surface area contributed by atoms with Crippen LogP contribution in [0.3, 0.4) is 0 Å². The minimum absolute atomic E-state index is 0.0650. The number of ether oxygens (including phenoxy) is 1. The van der Waals surface area contributed by atoms with E-state index in [9.17, 15) is 18.0 Å². The number of alkyl halides is 3. The van der Waals surface area contributed by atoms with Gasteiger partial charge in [-0.3, -0.25) is 9.42 Å². The molecule has 2 bridgehead atoms. The van der Waals surface area contributed by atoms with Crippen molar-refractivity contribution in [2.45, 2.75) is 50.7 Å². The van der Waals surface area contributed by atoms with Crippen LogP contribution < -0.4 is 5.32 Å². The normalized spacial score (nSPS) is 23.8. The van der Waals surface area contributed by atoms with Gasteiger partial charge in [0.25, 0.3) is 0 Å². The summed E-state index contributed by atoms with van der Waals surface area (Å²) in [5.74, 6) is 0.473. The lowest BCUT2D eigenvalue weighted by Gasteiger charge is -2.61. The molecule has 10 nitrogen and oxygen atoms in total. The van der Waals surface area contributed by atoms with E-state index >= 15 is 0 Å². The second kappa shape index (κ2) is 8.48. The van der Waals surface area contributed by atoms with Crippen molar-refractivity contribution in [3.8, 4) is 11.4 Å². The maximum absolute atomic E-state index is 13.4. The summed E-state index contributed by atoms with van der Waals surface area (Å²) in [6.07, 6.45) is -1.36. The minimum Gasteiger partial charge on any atom is -0.420 e. The molecule has 1 N–H and O–H groups in total. The molecular weight excluding hydrogens is 491 g/mol. The number of benzene rings is 1. The van der Waals surface area contributed by atoms with Crippen molar-refractivity contribution in [3.63, 3.8) is 0 Å². The van der Waals surface area contributed by atoms with E-state index in [4.69, 9.17) is 16.0 Å². The predicted octanol–water partition coefficient (Wildman–Crippen LogP) is 4.49. The Labute approximate surface area is 202 Å². The summed E-state index contributed by atoms with van der Waals surface area (Å²) >= 11 is 6.31. The molecule has 1 saturated carbocycles. The quantitative estimate of drug-likeness (QED) is 0.537. The summed E-state index contributed by atoms with van der Waals surface area (Å²) in [7, 11) is 1.73. The number of aromatic nitrogens is 5. The molecule has 2 aromatic heterocycles. The number of nitrogens with zero attached hydrogens (tertiary/aromatic N) is 6. The zero-order valence-electron chi connectivity index (χ0n) is 18.7. The maximum atomic E-state index is 13.4. The van der Waals surface area contributed by atoms with E-state index in [-0.39, 0.29) is 29.8 Å². The predicted molar refractivity (Wildman–Crippen MR) is 116 cm³/mol. The number of amides is 2. The second-order valence-corrected chi connectivity index (χ2v) is 9.31. The SMILES string of the molecule is C[C@H]1CC2C[C@](c3nnc(COC(F)(F)F)o3)(C1)N2C(=O)Nc1ccc(Cl)c(-c2ncn(C)n2)c1. The van der Waals surface area contributed by atoms with E-state index in [1.54, 1.807) is 41.2 Å². The molecule has 1 unspecified atom stereocenters. The molecule has 3 atom stereocenters. The highest BCUT2D eigenvalue weighted by atomic mass is 35.5. The van der Waals surface area contributed by atoms with E-state index in [0.29, 0.717) is 34.9 Å². The number of urea groups is 1. The number of anilines is 1. The van der Waals surface area contributed by atoms with Crippen LogP contribution in [0.1, 0.15) is 38.0 Å². The van der Waals surface area contributed by atoms with Crippen molar-refractivity contribution in [2.24, 2.45) is 13.0 Å². The van der Waals surface area contributed by atoms with Gasteiger partial charge < -0.3 is 14.6 Å². The fourth-order valence-corrected chi connectivity index (χ4v) is 5.22. The smallest absolute Gasteiger partial charge is 0.420 e. The fraction of sp³-hybridized carbons (Fsp3) is 0.476. The van der Waals surface area contributed by atoms with Crippen molar-refractivity contribution >= 4 is 23.3 Å². The van der Waals surface area contributed by atoms with Gasteiger partial charge in [0.1, 0.15) is 18.5 Å². The van der Waals surface area contributed by atoms with Gasteiger partial charge in [-0.1, -0.05) is 18.5 Å². The molecule has 2 saturated heterocycles. The molecule has 0 radical (unpaired) electrons. The topological polar surface area (TPSA) is 111 Å². The van der Waals surface area contributed by atoms with Crippen LogP contribution in [0.2, 0.25) is 5.02 Å². The summed E-state index contributed by atoms with van der Waals surface area (Å²) in [4.78, 5) is 19.2. The van der Waals surface area contributed by atoms with Gasteiger partial charge in [0, 0.05) is 30.8 Å². The molecule has 3 aromatic rings. The first-order valence-electron chi connectivity index (χ1n) is 10.8. The molecule has 6 rings (SSSR count). The number of nitrogens with one attached hydrogen (secondary N) is 1. The van der Waals surface area contributed by atoms with E-state index in [0.717, 1.165) is 6.42 Å². The Hall–Kier alpha value is -3.19. The van der Waals surface area contributed by atoms with Crippen LogP contribution in [0.4, 0.5) is 23.7 Å². The van der Waals surface area contributed by atoms with Gasteiger partial charge in [-0.2, -0.15) is 5.10 Å². The average Bonchev–Trinajstić information content (AvgIpc) is 3.42. The molecule has 4 heterocycles. The standard InChI is InChI=1S/C21H21ClF3N7O3/c1-11-5-13-8-20(7-11,18-29-28-16(35-18)9-34-21(23,24)25)32(13)19(33)27-12-3-4-15(22)14(6-12)17-26-10-31(2)30-17/h3-4,6,10-11,13H,5,7-9H2,1-2H3,(H,27,33)/t11-,13?,20-/m0/s1. The number of carbonyl (C=O) groups excluding carboxylic acids is 1. The van der Waals surface area contributed by atoms with Gasteiger partial charge in [0.05, 0.1) is 5.02 Å². The molecule has 2 amide bonds. The van der Waals surface area contributed by atoms with Crippen LogP contribution in [0.15, 0.2) is 28.9 Å². The van der Waals surface area contributed by atoms with E-state index in [2.05, 4.69) is 30.3 Å². The molecular formula is C21H21ClF3N7O3. The maximum Gasteiger partial charge on any atom is 0.523 e. The van der Waals surface area contributed by atoms with Gasteiger partial charge in [-0.15, -0.1) is 23.4 Å². The number of aryl methyl sites for hydroxylation is 1. The number of hydrogen-bond donors (Lipinski definition) is 1. The second-order valence-electron chi connectivity index (χ2n) is 8.91. The largest absolute Gasteiger partial charge is 0.523 e. The van der Waals surface area contributed by atoms with Crippen molar-refractivity contribution in [2.75, 3.05) is 5.32 Å². The highest BCUT2D eigenvalue weighted by Crippen LogP contribution is 2.55. The lowest BCUT2D eigenvalue weighted by atomic mass is 9.64. The number of rotatable bonds is 5. The molecule has 186 valence electrons. The average molecular weight is 512 g/mol. The van der Waals surface area contributed by atoms with Crippen LogP contribution in [-0.4, -0.2) is 48.3 Å². The number of carbonyl (C=O) groups is 1. The first kappa shape index (κ1) is 23.5. The highest BCUT2D eigenvalue weighted by molar-refractivity contribution is 6.33. The summed E-state index contributed by atoms with van der Waals surface area (Å²) < 4.78 is 48.0.